The van der Waals surface area contributed by atoms with Crippen LogP contribution in [0.25, 0.3) is 10.9 Å². The van der Waals surface area contributed by atoms with Crippen molar-refractivity contribution in [1.82, 2.24) is 9.47 Å². The van der Waals surface area contributed by atoms with Crippen molar-refractivity contribution in [2.45, 2.75) is 32.7 Å². The highest BCUT2D eigenvalue weighted by atomic mass is 16.1. The lowest BCUT2D eigenvalue weighted by molar-refractivity contribution is 0.100. The minimum absolute atomic E-state index is 0.0198. The fourth-order valence-corrected chi connectivity index (χ4v) is 3.36. The first-order valence-electron chi connectivity index (χ1n) is 8.22. The maximum atomic E-state index is 12.4. The second-order valence-corrected chi connectivity index (χ2v) is 6.32. The van der Waals surface area contributed by atoms with Gasteiger partial charge in [0.2, 0.25) is 5.91 Å². The third-order valence-electron chi connectivity index (χ3n) is 4.69. The van der Waals surface area contributed by atoms with E-state index >= 15 is 0 Å². The zero-order chi connectivity index (χ0) is 16.4. The van der Waals surface area contributed by atoms with Crippen molar-refractivity contribution in [3.63, 3.8) is 0 Å². The van der Waals surface area contributed by atoms with Gasteiger partial charge in [0.05, 0.1) is 5.52 Å². The van der Waals surface area contributed by atoms with Gasteiger partial charge in [0.1, 0.15) is 0 Å². The van der Waals surface area contributed by atoms with Crippen LogP contribution in [-0.2, 0) is 6.54 Å². The molecular formula is C18H23N3O2. The third-order valence-corrected chi connectivity index (χ3v) is 4.69. The topological polar surface area (TPSA) is 68.3 Å². The molecule has 3 rings (SSSR count). The number of carbonyl (C=O) groups excluding carboxylic acids is 1. The van der Waals surface area contributed by atoms with Crippen LogP contribution in [0.15, 0.2) is 29.1 Å². The van der Waals surface area contributed by atoms with Gasteiger partial charge in [-0.2, -0.15) is 0 Å². The Morgan fingerprint density at radius 2 is 1.87 bits per heavy atom. The van der Waals surface area contributed by atoms with Gasteiger partial charge in [0.25, 0.3) is 5.56 Å². The molecule has 122 valence electrons. The number of aromatic nitrogens is 1. The molecule has 1 aliphatic heterocycles. The summed E-state index contributed by atoms with van der Waals surface area (Å²) in [4.78, 5) is 26.3. The van der Waals surface area contributed by atoms with E-state index in [1.165, 1.54) is 19.3 Å². The maximum absolute atomic E-state index is 12.4. The Labute approximate surface area is 135 Å². The van der Waals surface area contributed by atoms with Gasteiger partial charge in [-0.05, 0) is 50.6 Å². The van der Waals surface area contributed by atoms with Crippen LogP contribution < -0.4 is 11.3 Å². The summed E-state index contributed by atoms with van der Waals surface area (Å²) in [6.07, 6.45) is 3.76. The number of rotatable bonds is 4. The molecule has 23 heavy (non-hydrogen) atoms. The van der Waals surface area contributed by atoms with Crippen molar-refractivity contribution in [2.24, 2.45) is 5.73 Å². The average Bonchev–Trinajstić information content (AvgIpc) is 2.55. The number of nitrogens with two attached hydrogens (primary N) is 1. The van der Waals surface area contributed by atoms with E-state index in [0.29, 0.717) is 12.1 Å². The van der Waals surface area contributed by atoms with Gasteiger partial charge in [0, 0.05) is 30.1 Å². The lowest BCUT2D eigenvalue weighted by Crippen LogP contribution is -2.34. The van der Waals surface area contributed by atoms with E-state index in [1.54, 1.807) is 22.8 Å². The Morgan fingerprint density at radius 1 is 1.13 bits per heavy atom. The molecule has 1 aromatic carbocycles. The number of hydrogen-bond donors (Lipinski definition) is 1. The quantitative estimate of drug-likeness (QED) is 0.937. The SMILES string of the molecule is Cc1cc(=O)n(CCN2CCCCC2)c2cc(C(N)=O)ccc12. The van der Waals surface area contributed by atoms with E-state index in [9.17, 15) is 9.59 Å². The molecule has 2 N–H and O–H groups in total. The van der Waals surface area contributed by atoms with Crippen molar-refractivity contribution < 1.29 is 4.79 Å². The summed E-state index contributed by atoms with van der Waals surface area (Å²) < 4.78 is 1.77. The smallest absolute Gasteiger partial charge is 0.251 e. The molecule has 0 radical (unpaired) electrons. The molecule has 5 nitrogen and oxygen atoms in total. The molecular weight excluding hydrogens is 290 g/mol. The van der Waals surface area contributed by atoms with Crippen LogP contribution in [0.4, 0.5) is 0 Å². The number of primary amides is 1. The number of benzene rings is 1. The summed E-state index contributed by atoms with van der Waals surface area (Å²) >= 11 is 0. The molecule has 1 aliphatic rings. The lowest BCUT2D eigenvalue weighted by atomic mass is 10.1. The first kappa shape index (κ1) is 15.7. The minimum Gasteiger partial charge on any atom is -0.366 e. The largest absolute Gasteiger partial charge is 0.366 e. The number of pyridine rings is 1. The number of nitrogens with zero attached hydrogens (tertiary/aromatic N) is 2. The monoisotopic (exact) mass is 313 g/mol. The van der Waals surface area contributed by atoms with Crippen molar-refractivity contribution in [1.29, 1.82) is 0 Å². The van der Waals surface area contributed by atoms with E-state index in [4.69, 9.17) is 5.73 Å². The standard InChI is InChI=1S/C18H23N3O2/c1-13-11-17(22)21(10-9-20-7-3-2-4-8-20)16-12-14(18(19)23)5-6-15(13)16/h5-6,11-12H,2-4,7-10H2,1H3,(H2,19,23). The molecule has 0 unspecified atom stereocenters. The van der Waals surface area contributed by atoms with E-state index in [-0.39, 0.29) is 5.56 Å². The molecule has 0 bridgehead atoms. The minimum atomic E-state index is -0.469. The van der Waals surface area contributed by atoms with Crippen LogP contribution in [0, 0.1) is 6.92 Å². The van der Waals surface area contributed by atoms with Crippen molar-refractivity contribution in [2.75, 3.05) is 19.6 Å². The number of fused-ring (bicyclic) bond motifs is 1. The molecule has 1 saturated heterocycles. The van der Waals surface area contributed by atoms with Gasteiger partial charge in [-0.1, -0.05) is 12.5 Å². The third kappa shape index (κ3) is 3.29. The van der Waals surface area contributed by atoms with Crippen molar-refractivity contribution in [3.05, 3.63) is 45.7 Å². The summed E-state index contributed by atoms with van der Waals surface area (Å²) in [6.45, 7) is 5.62. The summed E-state index contributed by atoms with van der Waals surface area (Å²) in [5, 5.41) is 0.994. The van der Waals surface area contributed by atoms with Crippen molar-refractivity contribution >= 4 is 16.8 Å². The molecule has 1 aromatic heterocycles. The number of likely N-dealkylation sites (tertiary alicyclic amines) is 1. The van der Waals surface area contributed by atoms with Gasteiger partial charge < -0.3 is 15.2 Å². The molecule has 0 spiro atoms. The van der Waals surface area contributed by atoms with E-state index in [2.05, 4.69) is 4.90 Å². The summed E-state index contributed by atoms with van der Waals surface area (Å²) in [5.41, 5.74) is 7.53. The van der Waals surface area contributed by atoms with E-state index in [1.807, 2.05) is 13.0 Å². The fourth-order valence-electron chi connectivity index (χ4n) is 3.36. The Hall–Kier alpha value is -2.14. The van der Waals surface area contributed by atoms with Crippen LogP contribution in [0.1, 0.15) is 35.2 Å². The normalized spacial score (nSPS) is 15.9. The van der Waals surface area contributed by atoms with Crippen molar-refractivity contribution in [3.8, 4) is 0 Å². The van der Waals surface area contributed by atoms with E-state index in [0.717, 1.165) is 36.1 Å². The molecule has 1 amide bonds. The molecule has 0 atom stereocenters. The zero-order valence-electron chi connectivity index (χ0n) is 13.5. The van der Waals surface area contributed by atoms with Crippen LogP contribution in [0.5, 0.6) is 0 Å². The molecule has 0 aliphatic carbocycles. The van der Waals surface area contributed by atoms with Crippen LogP contribution in [0.2, 0.25) is 0 Å². The van der Waals surface area contributed by atoms with Gasteiger partial charge in [-0.15, -0.1) is 0 Å². The summed E-state index contributed by atoms with van der Waals surface area (Å²) in [7, 11) is 0. The maximum Gasteiger partial charge on any atom is 0.251 e. The predicted octanol–water partition coefficient (Wildman–Crippen LogP) is 1.89. The number of carbonyl (C=O) groups is 1. The second-order valence-electron chi connectivity index (χ2n) is 6.32. The van der Waals surface area contributed by atoms with E-state index < -0.39 is 5.91 Å². The molecule has 2 aromatic rings. The highest BCUT2D eigenvalue weighted by molar-refractivity contribution is 5.97. The first-order valence-corrected chi connectivity index (χ1v) is 8.22. The predicted molar refractivity (Wildman–Crippen MR) is 91.8 cm³/mol. The van der Waals surface area contributed by atoms with Crippen LogP contribution in [-0.4, -0.2) is 35.0 Å². The van der Waals surface area contributed by atoms with Gasteiger partial charge >= 0.3 is 0 Å². The van der Waals surface area contributed by atoms with Crippen LogP contribution in [0.3, 0.4) is 0 Å². The highest BCUT2D eigenvalue weighted by Gasteiger charge is 2.13. The summed E-state index contributed by atoms with van der Waals surface area (Å²) in [6, 6.07) is 7.00. The van der Waals surface area contributed by atoms with Gasteiger partial charge in [0.15, 0.2) is 0 Å². The first-order chi connectivity index (χ1) is 11.1. The Bertz CT molecular complexity index is 789. The fraction of sp³-hybridized carbons (Fsp3) is 0.444. The number of piperidine rings is 1. The Balaban J connectivity index is 1.98. The number of hydrogen-bond acceptors (Lipinski definition) is 3. The second kappa shape index (κ2) is 6.54. The van der Waals surface area contributed by atoms with Crippen LogP contribution >= 0.6 is 0 Å². The Morgan fingerprint density at radius 3 is 2.57 bits per heavy atom. The van der Waals surface area contributed by atoms with Gasteiger partial charge in [-0.3, -0.25) is 9.59 Å². The highest BCUT2D eigenvalue weighted by Crippen LogP contribution is 2.18. The number of aryl methyl sites for hydroxylation is 1. The van der Waals surface area contributed by atoms with Gasteiger partial charge in [-0.25, -0.2) is 0 Å². The summed E-state index contributed by atoms with van der Waals surface area (Å²) in [5.74, 6) is -0.469. The molecule has 0 saturated carbocycles. The molecule has 2 heterocycles. The lowest BCUT2D eigenvalue weighted by Gasteiger charge is -2.27. The Kier molecular flexibility index (Phi) is 4.48. The molecule has 5 heteroatoms. The average molecular weight is 313 g/mol. The number of amides is 1. The zero-order valence-corrected chi connectivity index (χ0v) is 13.5. The molecule has 1 fully saturated rings.